The summed E-state index contributed by atoms with van der Waals surface area (Å²) >= 11 is 1.58. The Hall–Kier alpha value is -3.39. The van der Waals surface area contributed by atoms with Crippen LogP contribution in [0.25, 0.3) is 38.2 Å². The van der Waals surface area contributed by atoms with Crippen LogP contribution in [0.5, 0.6) is 0 Å². The van der Waals surface area contributed by atoms with E-state index in [1.165, 1.54) is 0 Å². The first-order valence-corrected chi connectivity index (χ1v) is 8.76. The van der Waals surface area contributed by atoms with Gasteiger partial charge in [0.25, 0.3) is 5.89 Å². The Morgan fingerprint density at radius 3 is 2.81 bits per heavy atom. The normalized spacial score (nSPS) is 11.3. The Morgan fingerprint density at radius 1 is 1.12 bits per heavy atom. The molecule has 0 bridgehead atoms. The zero-order valence-electron chi connectivity index (χ0n) is 13.7. The van der Waals surface area contributed by atoms with Crippen molar-refractivity contribution >= 4 is 21.6 Å². The van der Waals surface area contributed by atoms with Gasteiger partial charge < -0.3 is 4.52 Å². The Balaban J connectivity index is 1.60. The maximum absolute atomic E-state index is 5.34. The summed E-state index contributed by atoms with van der Waals surface area (Å²) in [6.45, 7) is 2.00. The monoisotopic (exact) mass is 360 g/mol. The van der Waals surface area contributed by atoms with Crippen LogP contribution in [0.1, 0.15) is 5.69 Å². The van der Waals surface area contributed by atoms with Gasteiger partial charge in [-0.05, 0) is 25.1 Å². The third-order valence-corrected chi connectivity index (χ3v) is 5.08. The highest BCUT2D eigenvalue weighted by atomic mass is 32.1. The first-order chi connectivity index (χ1) is 12.8. The highest BCUT2D eigenvalue weighted by molar-refractivity contribution is 7.21. The minimum atomic E-state index is 0.354. The van der Waals surface area contributed by atoms with E-state index in [1.54, 1.807) is 29.9 Å². The van der Waals surface area contributed by atoms with Crippen molar-refractivity contribution in [2.24, 2.45) is 0 Å². The van der Waals surface area contributed by atoms with Gasteiger partial charge >= 0.3 is 0 Å². The third-order valence-electron chi connectivity index (χ3n) is 3.97. The minimum Gasteiger partial charge on any atom is -0.332 e. The van der Waals surface area contributed by atoms with E-state index < -0.39 is 0 Å². The second-order valence-corrected chi connectivity index (χ2v) is 6.71. The molecule has 0 aliphatic heterocycles. The van der Waals surface area contributed by atoms with Crippen LogP contribution in [-0.4, -0.2) is 29.9 Å². The zero-order valence-corrected chi connectivity index (χ0v) is 14.5. The molecule has 0 saturated carbocycles. The average Bonchev–Trinajstić information content (AvgIpc) is 3.39. The molecule has 26 heavy (non-hydrogen) atoms. The van der Waals surface area contributed by atoms with E-state index in [-0.39, 0.29) is 0 Å². The second kappa shape index (κ2) is 5.85. The molecule has 5 rings (SSSR count). The molecule has 4 aromatic heterocycles. The summed E-state index contributed by atoms with van der Waals surface area (Å²) in [6.07, 6.45) is 4.79. The van der Waals surface area contributed by atoms with E-state index in [0.29, 0.717) is 17.4 Å². The summed E-state index contributed by atoms with van der Waals surface area (Å²) in [5, 5.41) is 9.83. The fourth-order valence-electron chi connectivity index (χ4n) is 2.74. The zero-order chi connectivity index (χ0) is 17.5. The van der Waals surface area contributed by atoms with Crippen molar-refractivity contribution in [1.82, 2.24) is 29.9 Å². The molecule has 0 aliphatic rings. The number of aromatic nitrogens is 6. The van der Waals surface area contributed by atoms with Gasteiger partial charge in [-0.2, -0.15) is 10.1 Å². The lowest BCUT2D eigenvalue weighted by atomic mass is 10.3. The minimum absolute atomic E-state index is 0.354. The van der Waals surface area contributed by atoms with Crippen molar-refractivity contribution in [2.45, 2.75) is 6.92 Å². The first-order valence-electron chi connectivity index (χ1n) is 7.94. The van der Waals surface area contributed by atoms with Crippen LogP contribution in [0.3, 0.4) is 0 Å². The summed E-state index contributed by atoms with van der Waals surface area (Å²) in [5.41, 5.74) is 2.54. The Labute approximate surface area is 152 Å². The summed E-state index contributed by atoms with van der Waals surface area (Å²) < 4.78 is 7.29. The molecule has 0 amide bonds. The lowest BCUT2D eigenvalue weighted by molar-refractivity contribution is 0.431. The van der Waals surface area contributed by atoms with Crippen molar-refractivity contribution in [3.63, 3.8) is 0 Å². The Kier molecular flexibility index (Phi) is 3.36. The number of thiophene rings is 1. The molecule has 7 nitrogen and oxygen atoms in total. The van der Waals surface area contributed by atoms with Crippen molar-refractivity contribution in [3.8, 4) is 28.0 Å². The number of aryl methyl sites for hydroxylation is 1. The number of hydrogen-bond donors (Lipinski definition) is 0. The van der Waals surface area contributed by atoms with Gasteiger partial charge in [0.2, 0.25) is 5.82 Å². The molecule has 4 heterocycles. The fraction of sp³-hybridized carbons (Fsp3) is 0.0556. The molecular formula is C18H12N6OS. The van der Waals surface area contributed by atoms with E-state index in [1.807, 2.05) is 48.0 Å². The number of nitrogens with zero attached hydrogens (tertiary/aromatic N) is 6. The summed E-state index contributed by atoms with van der Waals surface area (Å²) in [5.74, 6) is 0.887. The molecule has 0 atom stereocenters. The van der Waals surface area contributed by atoms with Crippen LogP contribution in [-0.2, 0) is 0 Å². The molecule has 0 spiro atoms. The molecular weight excluding hydrogens is 348 g/mol. The molecule has 0 aliphatic carbocycles. The second-order valence-electron chi connectivity index (χ2n) is 5.68. The Bertz CT molecular complexity index is 1190. The first kappa shape index (κ1) is 14.9. The van der Waals surface area contributed by atoms with Crippen LogP contribution in [0.4, 0.5) is 0 Å². The van der Waals surface area contributed by atoms with E-state index in [2.05, 4.69) is 25.2 Å². The predicted octanol–water partition coefficient (Wildman–Crippen LogP) is 3.90. The predicted molar refractivity (Wildman–Crippen MR) is 98.0 cm³/mol. The number of rotatable bonds is 3. The summed E-state index contributed by atoms with van der Waals surface area (Å²) in [4.78, 5) is 14.6. The maximum Gasteiger partial charge on any atom is 0.278 e. The molecule has 0 radical (unpaired) electrons. The Morgan fingerprint density at radius 2 is 2.00 bits per heavy atom. The molecule has 0 fully saturated rings. The standard InChI is InChI=1S/C18H12N6OS/c1-11-13-9-15(16-21-17(25-23-16)14-10-19-7-8-20-14)26-18(13)24(22-11)12-5-3-2-4-6-12/h2-10H,1H3. The van der Waals surface area contributed by atoms with Crippen LogP contribution in [0.15, 0.2) is 59.5 Å². The van der Waals surface area contributed by atoms with Crippen LogP contribution < -0.4 is 0 Å². The fourth-order valence-corrected chi connectivity index (χ4v) is 3.85. The summed E-state index contributed by atoms with van der Waals surface area (Å²) in [7, 11) is 0. The third kappa shape index (κ3) is 2.39. The van der Waals surface area contributed by atoms with Gasteiger partial charge in [-0.1, -0.05) is 23.4 Å². The van der Waals surface area contributed by atoms with Crippen LogP contribution in [0, 0.1) is 6.92 Å². The molecule has 1 aromatic carbocycles. The van der Waals surface area contributed by atoms with Crippen molar-refractivity contribution < 1.29 is 4.52 Å². The van der Waals surface area contributed by atoms with Gasteiger partial charge in [-0.3, -0.25) is 4.98 Å². The highest BCUT2D eigenvalue weighted by Gasteiger charge is 2.18. The van der Waals surface area contributed by atoms with E-state index in [9.17, 15) is 0 Å². The van der Waals surface area contributed by atoms with Gasteiger partial charge in [-0.15, -0.1) is 11.3 Å². The smallest absolute Gasteiger partial charge is 0.278 e. The van der Waals surface area contributed by atoms with Gasteiger partial charge in [0.15, 0.2) is 0 Å². The maximum atomic E-state index is 5.34. The molecule has 5 aromatic rings. The van der Waals surface area contributed by atoms with E-state index in [0.717, 1.165) is 26.5 Å². The molecule has 0 unspecified atom stereocenters. The molecule has 126 valence electrons. The lowest BCUT2D eigenvalue weighted by Crippen LogP contribution is -1.94. The lowest BCUT2D eigenvalue weighted by Gasteiger charge is -2.00. The quantitative estimate of drug-likeness (QED) is 0.485. The number of para-hydroxylation sites is 1. The largest absolute Gasteiger partial charge is 0.332 e. The molecule has 8 heteroatoms. The summed E-state index contributed by atoms with van der Waals surface area (Å²) in [6, 6.07) is 12.1. The van der Waals surface area contributed by atoms with E-state index >= 15 is 0 Å². The molecule has 0 N–H and O–H groups in total. The highest BCUT2D eigenvalue weighted by Crippen LogP contribution is 2.35. The molecule has 0 saturated heterocycles. The van der Waals surface area contributed by atoms with Crippen LogP contribution in [0.2, 0.25) is 0 Å². The van der Waals surface area contributed by atoms with Gasteiger partial charge in [0, 0.05) is 17.8 Å². The number of benzene rings is 1. The van der Waals surface area contributed by atoms with Crippen molar-refractivity contribution in [3.05, 3.63) is 60.7 Å². The van der Waals surface area contributed by atoms with Gasteiger partial charge in [-0.25, -0.2) is 9.67 Å². The number of hydrogen-bond acceptors (Lipinski definition) is 7. The van der Waals surface area contributed by atoms with Gasteiger partial charge in [0.1, 0.15) is 10.5 Å². The van der Waals surface area contributed by atoms with Crippen molar-refractivity contribution in [1.29, 1.82) is 0 Å². The number of fused-ring (bicyclic) bond motifs is 1. The SMILES string of the molecule is Cc1nn(-c2ccccc2)c2sc(-c3noc(-c4cnccn4)n3)cc12. The van der Waals surface area contributed by atoms with Crippen molar-refractivity contribution in [2.75, 3.05) is 0 Å². The van der Waals surface area contributed by atoms with Gasteiger partial charge in [0.05, 0.1) is 22.5 Å². The average molecular weight is 360 g/mol. The van der Waals surface area contributed by atoms with Crippen LogP contribution >= 0.6 is 11.3 Å². The van der Waals surface area contributed by atoms with E-state index in [4.69, 9.17) is 4.52 Å². The topological polar surface area (TPSA) is 82.5 Å².